The van der Waals surface area contributed by atoms with Gasteiger partial charge >= 0.3 is 7.25 Å². The summed E-state index contributed by atoms with van der Waals surface area (Å²) in [5.74, 6) is 1.87. The molecule has 1 aromatic rings. The molecular formula is C21H24BF4NO. The van der Waals surface area contributed by atoms with E-state index in [2.05, 4.69) is 80.1 Å². The van der Waals surface area contributed by atoms with Crippen LogP contribution in [0.2, 0.25) is 0 Å². The zero-order valence-corrected chi connectivity index (χ0v) is 16.6. The van der Waals surface area contributed by atoms with Crippen LogP contribution in [0.15, 0.2) is 71.7 Å². The van der Waals surface area contributed by atoms with Crippen molar-refractivity contribution in [2.75, 3.05) is 7.05 Å². The van der Waals surface area contributed by atoms with Gasteiger partial charge in [0, 0.05) is 17.7 Å². The molecule has 2 heterocycles. The summed E-state index contributed by atoms with van der Waals surface area (Å²) in [5, 5.41) is 0. The summed E-state index contributed by atoms with van der Waals surface area (Å²) in [6.07, 6.45) is 10.6. The number of rotatable bonds is 2. The van der Waals surface area contributed by atoms with Gasteiger partial charge in [0.25, 0.3) is 0 Å². The van der Waals surface area contributed by atoms with Gasteiger partial charge in [0.1, 0.15) is 18.6 Å². The summed E-state index contributed by atoms with van der Waals surface area (Å²) in [7, 11) is -3.86. The van der Waals surface area contributed by atoms with Gasteiger partial charge in [0.15, 0.2) is 5.71 Å². The summed E-state index contributed by atoms with van der Waals surface area (Å²) < 4.78 is 46.8. The molecule has 7 heteroatoms. The van der Waals surface area contributed by atoms with E-state index in [0.717, 1.165) is 11.5 Å². The van der Waals surface area contributed by atoms with Gasteiger partial charge in [-0.15, -0.1) is 0 Å². The highest BCUT2D eigenvalue weighted by Gasteiger charge is 2.42. The zero-order valence-electron chi connectivity index (χ0n) is 16.6. The van der Waals surface area contributed by atoms with Crippen LogP contribution < -0.4 is 0 Å². The van der Waals surface area contributed by atoms with E-state index >= 15 is 0 Å². The van der Waals surface area contributed by atoms with E-state index in [4.69, 9.17) is 4.74 Å². The Morgan fingerprint density at radius 3 is 2.07 bits per heavy atom. The molecule has 0 fully saturated rings. The van der Waals surface area contributed by atoms with Gasteiger partial charge in [-0.3, -0.25) is 0 Å². The molecule has 1 aromatic carbocycles. The number of para-hydroxylation sites is 1. The second-order valence-electron chi connectivity index (χ2n) is 7.22. The number of ether oxygens (including phenoxy) is 1. The molecule has 3 rings (SSSR count). The highest BCUT2D eigenvalue weighted by atomic mass is 19.5. The fourth-order valence-corrected chi connectivity index (χ4v) is 3.47. The second kappa shape index (κ2) is 8.21. The van der Waals surface area contributed by atoms with Crippen molar-refractivity contribution in [1.82, 2.24) is 0 Å². The van der Waals surface area contributed by atoms with Crippen LogP contribution in [-0.4, -0.2) is 24.6 Å². The Balaban J connectivity index is 0.000000500. The van der Waals surface area contributed by atoms with E-state index < -0.39 is 7.25 Å². The molecule has 28 heavy (non-hydrogen) atoms. The Kier molecular flexibility index (Phi) is 6.37. The minimum atomic E-state index is -6.00. The fraction of sp³-hybridized carbons (Fsp3) is 0.286. The van der Waals surface area contributed by atoms with Crippen molar-refractivity contribution in [2.45, 2.75) is 33.1 Å². The van der Waals surface area contributed by atoms with Gasteiger partial charge in [-0.2, -0.15) is 4.58 Å². The molecule has 2 nitrogen and oxygen atoms in total. The van der Waals surface area contributed by atoms with Crippen LogP contribution in [0.1, 0.15) is 33.3 Å². The number of allylic oxidation sites excluding steroid dienone is 8. The van der Waals surface area contributed by atoms with Crippen molar-refractivity contribution in [3.05, 3.63) is 77.3 Å². The molecule has 0 aromatic heterocycles. The molecule has 0 aliphatic carbocycles. The lowest BCUT2D eigenvalue weighted by atomic mass is 9.81. The van der Waals surface area contributed by atoms with Crippen LogP contribution in [0, 0.1) is 0 Å². The number of nitrogens with zero attached hydrogens (tertiary/aromatic N) is 1. The van der Waals surface area contributed by atoms with Crippen molar-refractivity contribution in [3.63, 3.8) is 0 Å². The first-order chi connectivity index (χ1) is 12.9. The SMILES string of the molecule is CC1=CC(=C/C=C/C2=[N+](C)c3ccccc3C2(C)C)C=C(C)O1.F[B-](F)(F)F. The standard InChI is InChI=1S/C21H24NO.BF4/c1-15-13-17(14-16(2)23-15)9-8-12-20-21(3,4)18-10-6-7-11-19(18)22(20)5;2-1(3,4)5/h6-14H,1-5H3;/q+1;-1/b12-8+;. The first-order valence-electron chi connectivity index (χ1n) is 8.90. The smallest absolute Gasteiger partial charge is 0.467 e. The highest BCUT2D eigenvalue weighted by Crippen LogP contribution is 2.38. The number of hydrogen-bond donors (Lipinski definition) is 0. The fourth-order valence-electron chi connectivity index (χ4n) is 3.47. The maximum absolute atomic E-state index is 9.75. The van der Waals surface area contributed by atoms with Crippen molar-refractivity contribution in [1.29, 1.82) is 0 Å². The van der Waals surface area contributed by atoms with Crippen LogP contribution in [0.3, 0.4) is 0 Å². The predicted molar refractivity (Wildman–Crippen MR) is 106 cm³/mol. The summed E-state index contributed by atoms with van der Waals surface area (Å²) in [4.78, 5) is 0. The van der Waals surface area contributed by atoms with E-state index in [-0.39, 0.29) is 5.41 Å². The van der Waals surface area contributed by atoms with Gasteiger partial charge in [-0.25, -0.2) is 0 Å². The highest BCUT2D eigenvalue weighted by molar-refractivity contribution is 6.50. The Morgan fingerprint density at radius 2 is 1.54 bits per heavy atom. The third-order valence-corrected chi connectivity index (χ3v) is 4.55. The summed E-state index contributed by atoms with van der Waals surface area (Å²) in [6.45, 7) is 8.52. The number of benzene rings is 1. The topological polar surface area (TPSA) is 12.2 Å². The number of fused-ring (bicyclic) bond motifs is 1. The summed E-state index contributed by atoms with van der Waals surface area (Å²) in [5.41, 5.74) is 5.17. The molecule has 2 aliphatic heterocycles. The lowest BCUT2D eigenvalue weighted by Gasteiger charge is -2.15. The predicted octanol–water partition coefficient (Wildman–Crippen LogP) is 6.31. The normalized spacial score (nSPS) is 18.1. The maximum atomic E-state index is 9.75. The molecule has 0 atom stereocenters. The van der Waals surface area contributed by atoms with Crippen molar-refractivity contribution < 1.29 is 26.6 Å². The van der Waals surface area contributed by atoms with E-state index in [1.54, 1.807) is 0 Å². The van der Waals surface area contributed by atoms with E-state index in [0.29, 0.717) is 0 Å². The molecule has 2 aliphatic rings. The average Bonchev–Trinajstić information content (AvgIpc) is 2.74. The molecular weight excluding hydrogens is 369 g/mol. The van der Waals surface area contributed by atoms with Crippen LogP contribution >= 0.6 is 0 Å². The first-order valence-corrected chi connectivity index (χ1v) is 8.90. The molecule has 0 bridgehead atoms. The molecule has 0 radical (unpaired) electrons. The van der Waals surface area contributed by atoms with Crippen LogP contribution in [0.4, 0.5) is 23.0 Å². The van der Waals surface area contributed by atoms with Crippen molar-refractivity contribution >= 4 is 18.7 Å². The second-order valence-corrected chi connectivity index (χ2v) is 7.22. The van der Waals surface area contributed by atoms with E-state index in [1.807, 2.05) is 13.8 Å². The Bertz CT molecular complexity index is 879. The molecule has 0 spiro atoms. The number of hydrogen-bond acceptors (Lipinski definition) is 1. The lowest BCUT2D eigenvalue weighted by molar-refractivity contribution is -0.401. The molecule has 0 unspecified atom stereocenters. The molecule has 150 valence electrons. The van der Waals surface area contributed by atoms with Crippen molar-refractivity contribution in [2.24, 2.45) is 0 Å². The zero-order chi connectivity index (χ0) is 21.1. The molecule has 0 N–H and O–H groups in total. The molecule has 0 amide bonds. The van der Waals surface area contributed by atoms with Gasteiger partial charge in [-0.1, -0.05) is 30.4 Å². The maximum Gasteiger partial charge on any atom is 0.673 e. The Morgan fingerprint density at radius 1 is 1.00 bits per heavy atom. The van der Waals surface area contributed by atoms with Crippen molar-refractivity contribution in [3.8, 4) is 0 Å². The van der Waals surface area contributed by atoms with Crippen LogP contribution in [0.5, 0.6) is 0 Å². The molecule has 0 saturated heterocycles. The minimum absolute atomic E-state index is 0.0214. The number of halogens is 4. The summed E-state index contributed by atoms with van der Waals surface area (Å²) >= 11 is 0. The quantitative estimate of drug-likeness (QED) is 0.326. The minimum Gasteiger partial charge on any atom is -0.467 e. The third kappa shape index (κ3) is 5.47. The Hall–Kier alpha value is -2.57. The lowest BCUT2D eigenvalue weighted by Crippen LogP contribution is -2.26. The largest absolute Gasteiger partial charge is 0.673 e. The Labute approximate surface area is 163 Å². The van der Waals surface area contributed by atoms with E-state index in [9.17, 15) is 17.3 Å². The van der Waals surface area contributed by atoms with E-state index in [1.165, 1.54) is 22.5 Å². The molecule has 0 saturated carbocycles. The average molecular weight is 393 g/mol. The van der Waals surface area contributed by atoms with Crippen LogP contribution in [0.25, 0.3) is 0 Å². The van der Waals surface area contributed by atoms with Crippen LogP contribution in [-0.2, 0) is 10.2 Å². The first kappa shape index (κ1) is 21.7. The monoisotopic (exact) mass is 393 g/mol. The third-order valence-electron chi connectivity index (χ3n) is 4.55. The summed E-state index contributed by atoms with van der Waals surface area (Å²) in [6, 6.07) is 8.63. The van der Waals surface area contributed by atoms with Gasteiger partial charge in [-0.05, 0) is 45.4 Å². The van der Waals surface area contributed by atoms with Gasteiger partial charge in [0.2, 0.25) is 5.69 Å². The van der Waals surface area contributed by atoms with Gasteiger partial charge < -0.3 is 22.0 Å². The van der Waals surface area contributed by atoms with Gasteiger partial charge in [0.05, 0.1) is 5.41 Å².